The highest BCUT2D eigenvalue weighted by Gasteiger charge is 2.24. The van der Waals surface area contributed by atoms with E-state index in [0.29, 0.717) is 0 Å². The Labute approximate surface area is 271 Å². The molecule has 0 saturated heterocycles. The highest BCUT2D eigenvalue weighted by atomic mass is 32.2. The first-order valence-electron chi connectivity index (χ1n) is 14.9. The van der Waals surface area contributed by atoms with Gasteiger partial charge in [0.15, 0.2) is 5.78 Å². The van der Waals surface area contributed by atoms with Crippen LogP contribution in [0.4, 0.5) is 0 Å². The van der Waals surface area contributed by atoms with E-state index in [2.05, 4.69) is 60.7 Å². The van der Waals surface area contributed by atoms with Gasteiger partial charge in [-0.1, -0.05) is 115 Å². The Morgan fingerprint density at radius 3 is 1.70 bits per heavy atom. The van der Waals surface area contributed by atoms with Gasteiger partial charge in [-0.15, -0.1) is 0 Å². The molecule has 230 valence electrons. The van der Waals surface area contributed by atoms with E-state index in [0.717, 1.165) is 67.1 Å². The molecule has 47 heavy (non-hydrogen) atoms. The number of carbonyl (C=O) groups excluding carboxylic acids is 1. The van der Waals surface area contributed by atoms with Gasteiger partial charge in [0.2, 0.25) is 0 Å². The molecule has 0 aliphatic rings. The number of benzene rings is 7. The van der Waals surface area contributed by atoms with Crippen LogP contribution >= 0.6 is 0 Å². The minimum atomic E-state index is -4.73. The second-order valence-electron chi connectivity index (χ2n) is 11.2. The van der Waals surface area contributed by atoms with Gasteiger partial charge in [-0.2, -0.15) is 8.42 Å². The number of hydrogen-bond donors (Lipinski definition) is 2. The summed E-state index contributed by atoms with van der Waals surface area (Å²) in [7, 11) is -3.53. The standard InChI is InChI=1S/C40H28O6S/c1-46-36-24-35(41)34(23-37(36)47(43,44)45)40(42)29-16-10-15-27(21-29)28-19-20-32-33(22-28)39(26-13-6-3-7-14-26)31-18-9-8-17-30(31)38(32)25-11-4-2-5-12-25/h2-24,41H,1H3,(H,43,44,45). The Balaban J connectivity index is 1.43. The first kappa shape index (κ1) is 29.9. The molecule has 0 atom stereocenters. The monoisotopic (exact) mass is 636 g/mol. The lowest BCUT2D eigenvalue weighted by Gasteiger charge is -2.19. The number of phenolic OH excluding ortho intramolecular Hbond substituents is 1. The molecule has 0 saturated carbocycles. The summed E-state index contributed by atoms with van der Waals surface area (Å²) in [4.78, 5) is 13.0. The van der Waals surface area contributed by atoms with Crippen LogP contribution in [0.3, 0.4) is 0 Å². The van der Waals surface area contributed by atoms with Crippen molar-refractivity contribution in [2.75, 3.05) is 7.11 Å². The maximum Gasteiger partial charge on any atom is 0.298 e. The topological polar surface area (TPSA) is 101 Å². The van der Waals surface area contributed by atoms with E-state index in [1.54, 1.807) is 18.2 Å². The number of aromatic hydroxyl groups is 1. The van der Waals surface area contributed by atoms with Crippen molar-refractivity contribution in [1.29, 1.82) is 0 Å². The van der Waals surface area contributed by atoms with Gasteiger partial charge in [0.25, 0.3) is 10.1 Å². The lowest BCUT2D eigenvalue weighted by molar-refractivity contribution is 0.103. The fourth-order valence-electron chi connectivity index (χ4n) is 6.28. The maximum atomic E-state index is 13.7. The molecule has 0 bridgehead atoms. The highest BCUT2D eigenvalue weighted by Crippen LogP contribution is 2.45. The van der Waals surface area contributed by atoms with Gasteiger partial charge < -0.3 is 9.84 Å². The first-order chi connectivity index (χ1) is 22.7. The van der Waals surface area contributed by atoms with Gasteiger partial charge >= 0.3 is 0 Å². The van der Waals surface area contributed by atoms with Crippen molar-refractivity contribution in [2.45, 2.75) is 4.90 Å². The molecule has 0 aliphatic heterocycles. The number of rotatable bonds is 7. The van der Waals surface area contributed by atoms with Crippen LogP contribution < -0.4 is 4.74 Å². The predicted molar refractivity (Wildman–Crippen MR) is 186 cm³/mol. The Kier molecular flexibility index (Phi) is 7.56. The fourth-order valence-corrected chi connectivity index (χ4v) is 6.94. The van der Waals surface area contributed by atoms with Crippen LogP contribution in [0.2, 0.25) is 0 Å². The number of methoxy groups -OCH3 is 1. The van der Waals surface area contributed by atoms with Crippen LogP contribution in [-0.2, 0) is 10.1 Å². The molecule has 0 radical (unpaired) electrons. The normalized spacial score (nSPS) is 11.5. The van der Waals surface area contributed by atoms with Crippen molar-refractivity contribution in [2.24, 2.45) is 0 Å². The van der Waals surface area contributed by atoms with E-state index in [4.69, 9.17) is 4.74 Å². The van der Waals surface area contributed by atoms with E-state index in [1.165, 1.54) is 7.11 Å². The number of carbonyl (C=O) groups is 1. The molecule has 7 heteroatoms. The molecular weight excluding hydrogens is 609 g/mol. The Morgan fingerprint density at radius 1 is 0.574 bits per heavy atom. The summed E-state index contributed by atoms with van der Waals surface area (Å²) >= 11 is 0. The first-order valence-corrected chi connectivity index (χ1v) is 16.3. The molecule has 0 aromatic heterocycles. The van der Waals surface area contributed by atoms with E-state index >= 15 is 0 Å². The number of hydrogen-bond acceptors (Lipinski definition) is 5. The van der Waals surface area contributed by atoms with Gasteiger partial charge in [-0.3, -0.25) is 9.35 Å². The van der Waals surface area contributed by atoms with Crippen molar-refractivity contribution in [1.82, 2.24) is 0 Å². The summed E-state index contributed by atoms with van der Waals surface area (Å²) in [5.41, 5.74) is 6.01. The summed E-state index contributed by atoms with van der Waals surface area (Å²) < 4.78 is 38.7. The van der Waals surface area contributed by atoms with Crippen LogP contribution in [0.25, 0.3) is 54.9 Å². The third kappa shape index (κ3) is 5.42. The van der Waals surface area contributed by atoms with Crippen molar-refractivity contribution in [3.63, 3.8) is 0 Å². The van der Waals surface area contributed by atoms with Crippen LogP contribution in [0.15, 0.2) is 144 Å². The average molecular weight is 637 g/mol. The van der Waals surface area contributed by atoms with Gasteiger partial charge in [-0.25, -0.2) is 0 Å². The lowest BCUT2D eigenvalue weighted by Crippen LogP contribution is -2.07. The third-order valence-corrected chi connectivity index (χ3v) is 9.29. The number of ketones is 1. The van der Waals surface area contributed by atoms with Crippen LogP contribution in [-0.4, -0.2) is 31.0 Å². The molecule has 0 spiro atoms. The Morgan fingerprint density at radius 2 is 1.11 bits per heavy atom. The van der Waals surface area contributed by atoms with Crippen molar-refractivity contribution in [3.05, 3.63) is 151 Å². The van der Waals surface area contributed by atoms with E-state index in [-0.39, 0.29) is 16.9 Å². The van der Waals surface area contributed by atoms with Crippen molar-refractivity contribution >= 4 is 37.4 Å². The maximum absolute atomic E-state index is 13.7. The smallest absolute Gasteiger partial charge is 0.298 e. The second-order valence-corrected chi connectivity index (χ2v) is 12.6. The highest BCUT2D eigenvalue weighted by molar-refractivity contribution is 7.86. The minimum absolute atomic E-state index is 0.233. The number of phenols is 1. The van der Waals surface area contributed by atoms with Gasteiger partial charge in [0.1, 0.15) is 16.4 Å². The molecule has 0 fully saturated rings. The molecule has 7 aromatic carbocycles. The largest absolute Gasteiger partial charge is 0.507 e. The Hall–Kier alpha value is -5.76. The molecule has 0 unspecified atom stereocenters. The molecule has 0 aliphatic carbocycles. The molecule has 6 nitrogen and oxygen atoms in total. The fraction of sp³-hybridized carbons (Fsp3) is 0.0250. The van der Waals surface area contributed by atoms with Crippen molar-refractivity contribution in [3.8, 4) is 44.9 Å². The Bertz CT molecular complexity index is 2440. The summed E-state index contributed by atoms with van der Waals surface area (Å²) in [5, 5.41) is 15.0. The average Bonchev–Trinajstić information content (AvgIpc) is 3.10. The van der Waals surface area contributed by atoms with E-state index < -0.39 is 26.5 Å². The zero-order valence-corrected chi connectivity index (χ0v) is 26.0. The van der Waals surface area contributed by atoms with Gasteiger partial charge in [0.05, 0.1) is 12.7 Å². The molecule has 0 amide bonds. The summed E-state index contributed by atoms with van der Waals surface area (Å²) in [5.74, 6) is -1.36. The third-order valence-electron chi connectivity index (χ3n) is 8.41. The summed E-state index contributed by atoms with van der Waals surface area (Å²) in [6, 6.07) is 44.2. The molecule has 2 N–H and O–H groups in total. The molecule has 7 aromatic rings. The van der Waals surface area contributed by atoms with Gasteiger partial charge in [-0.05, 0) is 73.1 Å². The minimum Gasteiger partial charge on any atom is -0.507 e. The summed E-state index contributed by atoms with van der Waals surface area (Å²) in [6.07, 6.45) is 0. The van der Waals surface area contributed by atoms with Crippen LogP contribution in [0, 0.1) is 0 Å². The quantitative estimate of drug-likeness (QED) is 0.103. The van der Waals surface area contributed by atoms with E-state index in [9.17, 15) is 22.9 Å². The zero-order chi connectivity index (χ0) is 32.7. The second kappa shape index (κ2) is 11.9. The summed E-state index contributed by atoms with van der Waals surface area (Å²) in [6.45, 7) is 0. The number of fused-ring (bicyclic) bond motifs is 2. The lowest BCUT2D eigenvalue weighted by atomic mass is 9.85. The zero-order valence-electron chi connectivity index (χ0n) is 25.2. The number of ether oxygens (including phenoxy) is 1. The molecule has 7 rings (SSSR count). The van der Waals surface area contributed by atoms with Crippen LogP contribution in [0.1, 0.15) is 15.9 Å². The van der Waals surface area contributed by atoms with Crippen LogP contribution in [0.5, 0.6) is 11.5 Å². The molecular formula is C40H28O6S. The predicted octanol–water partition coefficient (Wildman–Crippen LogP) is 9.19. The van der Waals surface area contributed by atoms with Crippen molar-refractivity contribution < 1.29 is 27.6 Å². The van der Waals surface area contributed by atoms with Gasteiger partial charge in [0, 0.05) is 11.6 Å². The van der Waals surface area contributed by atoms with E-state index in [1.807, 2.05) is 48.5 Å². The SMILES string of the molecule is COc1cc(O)c(C(=O)c2cccc(-c3ccc4c(-c5ccccc5)c5ccccc5c(-c5ccccc5)c4c3)c2)cc1S(=O)(=O)O. The molecule has 0 heterocycles.